The predicted molar refractivity (Wildman–Crippen MR) is 74.4 cm³/mol. The van der Waals surface area contributed by atoms with Gasteiger partial charge in [0.15, 0.2) is 0 Å². The van der Waals surface area contributed by atoms with Crippen molar-refractivity contribution in [3.05, 3.63) is 0 Å². The Hall–Kier alpha value is -1.59. The first-order chi connectivity index (χ1) is 10.1. The second-order valence-electron chi connectivity index (χ2n) is 6.40. The molecule has 6 heteroatoms. The molecule has 116 valence electrons. The molecule has 2 heterocycles. The average Bonchev–Trinajstić information content (AvgIpc) is 3.22. The van der Waals surface area contributed by atoms with Crippen molar-refractivity contribution < 1.29 is 19.5 Å². The number of likely N-dealkylation sites (tertiary alicyclic amines) is 2. The third-order valence-electron chi connectivity index (χ3n) is 4.90. The number of aliphatic carboxylic acids is 1. The molecule has 0 radical (unpaired) electrons. The summed E-state index contributed by atoms with van der Waals surface area (Å²) >= 11 is 0. The first-order valence-electron chi connectivity index (χ1n) is 7.90. The first kappa shape index (κ1) is 14.4. The van der Waals surface area contributed by atoms with Gasteiger partial charge >= 0.3 is 5.97 Å². The summed E-state index contributed by atoms with van der Waals surface area (Å²) in [6.07, 6.45) is 4.67. The Morgan fingerprint density at radius 2 is 1.43 bits per heavy atom. The van der Waals surface area contributed by atoms with Gasteiger partial charge in [0.2, 0.25) is 11.8 Å². The third kappa shape index (κ3) is 2.89. The molecule has 2 aliphatic heterocycles. The molecule has 1 aliphatic carbocycles. The number of rotatable bonds is 3. The number of carboxylic acid groups (broad SMARTS) is 1. The lowest BCUT2D eigenvalue weighted by atomic mass is 9.94. The molecule has 2 saturated heterocycles. The molecule has 2 amide bonds. The number of hydrogen-bond acceptors (Lipinski definition) is 3. The molecule has 0 aromatic carbocycles. The second kappa shape index (κ2) is 5.66. The number of carbonyl (C=O) groups is 3. The quantitative estimate of drug-likeness (QED) is 0.831. The number of amides is 2. The van der Waals surface area contributed by atoms with E-state index in [2.05, 4.69) is 0 Å². The molecule has 1 saturated carbocycles. The highest BCUT2D eigenvalue weighted by Crippen LogP contribution is 2.33. The number of nitrogens with zero attached hydrogens (tertiary/aromatic N) is 2. The van der Waals surface area contributed by atoms with Crippen LogP contribution in [0.5, 0.6) is 0 Å². The van der Waals surface area contributed by atoms with E-state index in [-0.39, 0.29) is 23.7 Å². The van der Waals surface area contributed by atoms with Crippen molar-refractivity contribution in [1.29, 1.82) is 0 Å². The van der Waals surface area contributed by atoms with E-state index in [0.29, 0.717) is 38.9 Å². The minimum atomic E-state index is -0.901. The fourth-order valence-corrected chi connectivity index (χ4v) is 3.46. The van der Waals surface area contributed by atoms with Crippen molar-refractivity contribution in [3.63, 3.8) is 0 Å². The Kier molecular flexibility index (Phi) is 3.87. The van der Waals surface area contributed by atoms with Gasteiger partial charge in [-0.15, -0.1) is 0 Å². The van der Waals surface area contributed by atoms with Crippen molar-refractivity contribution in [2.45, 2.75) is 44.6 Å². The highest BCUT2D eigenvalue weighted by molar-refractivity contribution is 5.86. The Morgan fingerprint density at radius 3 is 2.00 bits per heavy atom. The van der Waals surface area contributed by atoms with Crippen molar-refractivity contribution >= 4 is 17.8 Å². The Morgan fingerprint density at radius 1 is 0.810 bits per heavy atom. The summed E-state index contributed by atoms with van der Waals surface area (Å²) in [7, 11) is 0. The van der Waals surface area contributed by atoms with Crippen LogP contribution in [0.25, 0.3) is 0 Å². The number of hydrogen-bond donors (Lipinski definition) is 1. The summed E-state index contributed by atoms with van der Waals surface area (Å²) in [5.74, 6) is -0.577. The van der Waals surface area contributed by atoms with E-state index in [1.807, 2.05) is 4.90 Å². The van der Waals surface area contributed by atoms with E-state index >= 15 is 0 Å². The molecule has 0 bridgehead atoms. The monoisotopic (exact) mass is 294 g/mol. The largest absolute Gasteiger partial charge is 0.480 e. The zero-order valence-corrected chi connectivity index (χ0v) is 12.2. The molecule has 0 aromatic heterocycles. The maximum absolute atomic E-state index is 12.5. The Bertz CT molecular complexity index is 453. The maximum Gasteiger partial charge on any atom is 0.326 e. The average molecular weight is 294 g/mol. The summed E-state index contributed by atoms with van der Waals surface area (Å²) in [4.78, 5) is 39.1. The van der Waals surface area contributed by atoms with Crippen molar-refractivity contribution in [3.8, 4) is 0 Å². The second-order valence-corrected chi connectivity index (χ2v) is 6.40. The summed E-state index contributed by atoms with van der Waals surface area (Å²) < 4.78 is 0. The molecule has 0 spiro atoms. The number of piperidine rings is 1. The van der Waals surface area contributed by atoms with Crippen LogP contribution in [0.15, 0.2) is 0 Å². The van der Waals surface area contributed by atoms with Gasteiger partial charge in [-0.05, 0) is 38.5 Å². The summed E-state index contributed by atoms with van der Waals surface area (Å²) in [6, 6.07) is -0.649. The van der Waals surface area contributed by atoms with E-state index in [4.69, 9.17) is 5.11 Å². The van der Waals surface area contributed by atoms with Gasteiger partial charge in [-0.3, -0.25) is 9.59 Å². The van der Waals surface area contributed by atoms with Gasteiger partial charge < -0.3 is 14.9 Å². The Balaban J connectivity index is 1.55. The van der Waals surface area contributed by atoms with Gasteiger partial charge in [0.1, 0.15) is 6.04 Å². The zero-order valence-electron chi connectivity index (χ0n) is 12.2. The Labute approximate surface area is 124 Å². The predicted octanol–water partition coefficient (Wildman–Crippen LogP) is 0.711. The molecule has 1 unspecified atom stereocenters. The lowest BCUT2D eigenvalue weighted by Gasteiger charge is -2.34. The minimum Gasteiger partial charge on any atom is -0.480 e. The highest BCUT2D eigenvalue weighted by Gasteiger charge is 2.40. The van der Waals surface area contributed by atoms with Crippen LogP contribution in [0.1, 0.15) is 38.5 Å². The van der Waals surface area contributed by atoms with Crippen molar-refractivity contribution in [2.75, 3.05) is 19.6 Å². The molecule has 1 atom stereocenters. The standard InChI is InChI=1S/C15H22N2O4/c18-13(10-3-4-10)16-8-5-11(6-9-16)14(19)17-7-1-2-12(17)15(20)21/h10-12H,1-9H2,(H,20,21). The van der Waals surface area contributed by atoms with Crippen LogP contribution in [0, 0.1) is 11.8 Å². The smallest absolute Gasteiger partial charge is 0.326 e. The van der Waals surface area contributed by atoms with Crippen LogP contribution in [-0.2, 0) is 14.4 Å². The van der Waals surface area contributed by atoms with Gasteiger partial charge in [-0.2, -0.15) is 0 Å². The van der Waals surface area contributed by atoms with E-state index in [1.54, 1.807) is 0 Å². The molecular formula is C15H22N2O4. The van der Waals surface area contributed by atoms with Gasteiger partial charge in [0, 0.05) is 31.5 Å². The lowest BCUT2D eigenvalue weighted by molar-refractivity contribution is -0.151. The van der Waals surface area contributed by atoms with Crippen LogP contribution in [0.2, 0.25) is 0 Å². The molecule has 6 nitrogen and oxygen atoms in total. The molecular weight excluding hydrogens is 272 g/mol. The van der Waals surface area contributed by atoms with Gasteiger partial charge in [0.05, 0.1) is 0 Å². The topological polar surface area (TPSA) is 77.9 Å². The SMILES string of the molecule is O=C(O)C1CCCN1C(=O)C1CCN(C(=O)C2CC2)CC1. The number of carbonyl (C=O) groups excluding carboxylic acids is 2. The molecule has 3 rings (SSSR count). The normalized spacial score (nSPS) is 27.0. The van der Waals surface area contributed by atoms with E-state index < -0.39 is 12.0 Å². The van der Waals surface area contributed by atoms with Crippen molar-refractivity contribution in [2.24, 2.45) is 11.8 Å². The highest BCUT2D eigenvalue weighted by atomic mass is 16.4. The van der Waals surface area contributed by atoms with Crippen LogP contribution >= 0.6 is 0 Å². The fourth-order valence-electron chi connectivity index (χ4n) is 3.46. The van der Waals surface area contributed by atoms with E-state index in [0.717, 1.165) is 19.3 Å². The van der Waals surface area contributed by atoms with Gasteiger partial charge in [0.25, 0.3) is 0 Å². The lowest BCUT2D eigenvalue weighted by Crippen LogP contribution is -2.47. The maximum atomic E-state index is 12.5. The van der Waals surface area contributed by atoms with Gasteiger partial charge in [-0.25, -0.2) is 4.79 Å². The number of carboxylic acids is 1. The van der Waals surface area contributed by atoms with Crippen LogP contribution < -0.4 is 0 Å². The fraction of sp³-hybridized carbons (Fsp3) is 0.800. The zero-order chi connectivity index (χ0) is 15.0. The molecule has 21 heavy (non-hydrogen) atoms. The molecule has 3 fully saturated rings. The summed E-state index contributed by atoms with van der Waals surface area (Å²) in [6.45, 7) is 1.83. The minimum absolute atomic E-state index is 0.0292. The van der Waals surface area contributed by atoms with E-state index in [1.165, 1.54) is 4.90 Å². The molecule has 1 N–H and O–H groups in total. The third-order valence-corrected chi connectivity index (χ3v) is 4.90. The first-order valence-corrected chi connectivity index (χ1v) is 7.90. The van der Waals surface area contributed by atoms with Crippen LogP contribution in [-0.4, -0.2) is 58.4 Å². The van der Waals surface area contributed by atoms with Crippen LogP contribution in [0.4, 0.5) is 0 Å². The van der Waals surface area contributed by atoms with Gasteiger partial charge in [-0.1, -0.05) is 0 Å². The molecule has 0 aromatic rings. The van der Waals surface area contributed by atoms with Crippen molar-refractivity contribution in [1.82, 2.24) is 9.80 Å². The summed E-state index contributed by atoms with van der Waals surface area (Å²) in [5, 5.41) is 9.17. The summed E-state index contributed by atoms with van der Waals surface area (Å²) in [5.41, 5.74) is 0. The van der Waals surface area contributed by atoms with E-state index in [9.17, 15) is 14.4 Å². The van der Waals surface area contributed by atoms with Crippen LogP contribution in [0.3, 0.4) is 0 Å². The molecule has 3 aliphatic rings.